The van der Waals surface area contributed by atoms with Gasteiger partial charge in [0.2, 0.25) is 0 Å². The molecule has 1 atom stereocenters. The zero-order chi connectivity index (χ0) is 15.2. The van der Waals surface area contributed by atoms with Crippen LogP contribution in [0.4, 0.5) is 10.1 Å². The monoisotopic (exact) mass is 351 g/mol. The maximum absolute atomic E-state index is 12.9. The number of halogens is 2. The molecule has 5 heteroatoms. The van der Waals surface area contributed by atoms with E-state index in [2.05, 4.69) is 21.2 Å². The number of hydrogen-bond acceptors (Lipinski definition) is 2. The summed E-state index contributed by atoms with van der Waals surface area (Å²) in [5.41, 5.74) is 0.684. The second-order valence-electron chi connectivity index (χ2n) is 4.44. The molecule has 0 saturated heterocycles. The SMILES string of the molecule is CC[C@H](Oc1ccc(F)cc1)C(=O)Nc1ccccc1Br. The number of hydrogen-bond donors (Lipinski definition) is 1. The maximum Gasteiger partial charge on any atom is 0.265 e. The van der Waals surface area contributed by atoms with Crippen molar-refractivity contribution in [3.05, 3.63) is 58.8 Å². The molecule has 0 aliphatic rings. The number of ether oxygens (including phenoxy) is 1. The van der Waals surface area contributed by atoms with Crippen molar-refractivity contribution in [1.29, 1.82) is 0 Å². The Kier molecular flexibility index (Phi) is 5.33. The van der Waals surface area contributed by atoms with Gasteiger partial charge in [0.1, 0.15) is 11.6 Å². The molecule has 2 aromatic rings. The van der Waals surface area contributed by atoms with Crippen molar-refractivity contribution in [2.45, 2.75) is 19.4 Å². The lowest BCUT2D eigenvalue weighted by Gasteiger charge is -2.17. The van der Waals surface area contributed by atoms with Crippen LogP contribution in [0.1, 0.15) is 13.3 Å². The van der Waals surface area contributed by atoms with Crippen LogP contribution in [0.2, 0.25) is 0 Å². The molecular weight excluding hydrogens is 337 g/mol. The highest BCUT2D eigenvalue weighted by atomic mass is 79.9. The zero-order valence-corrected chi connectivity index (χ0v) is 13.1. The molecule has 0 spiro atoms. The fourth-order valence-corrected chi connectivity index (χ4v) is 2.16. The van der Waals surface area contributed by atoms with Gasteiger partial charge in [0.05, 0.1) is 5.69 Å². The van der Waals surface area contributed by atoms with Crippen molar-refractivity contribution in [3.63, 3.8) is 0 Å². The average molecular weight is 352 g/mol. The molecule has 0 aliphatic heterocycles. The number of carbonyl (C=O) groups is 1. The van der Waals surface area contributed by atoms with Gasteiger partial charge in [-0.2, -0.15) is 0 Å². The predicted octanol–water partition coefficient (Wildman–Crippen LogP) is 4.38. The summed E-state index contributed by atoms with van der Waals surface area (Å²) in [4.78, 5) is 12.2. The van der Waals surface area contributed by atoms with Crippen molar-refractivity contribution in [2.75, 3.05) is 5.32 Å². The van der Waals surface area contributed by atoms with Crippen molar-refractivity contribution in [3.8, 4) is 5.75 Å². The van der Waals surface area contributed by atoms with Gasteiger partial charge in [-0.1, -0.05) is 19.1 Å². The maximum atomic E-state index is 12.9. The molecule has 0 unspecified atom stereocenters. The molecule has 2 aromatic carbocycles. The van der Waals surface area contributed by atoms with Crippen LogP contribution in [0, 0.1) is 5.82 Å². The Hall–Kier alpha value is -1.88. The third-order valence-electron chi connectivity index (χ3n) is 2.89. The first-order chi connectivity index (χ1) is 10.1. The minimum Gasteiger partial charge on any atom is -0.481 e. The van der Waals surface area contributed by atoms with Crippen LogP contribution < -0.4 is 10.1 Å². The normalized spacial score (nSPS) is 11.8. The number of benzene rings is 2. The molecular formula is C16H15BrFNO2. The smallest absolute Gasteiger partial charge is 0.265 e. The fourth-order valence-electron chi connectivity index (χ4n) is 1.78. The van der Waals surface area contributed by atoms with Crippen LogP contribution in [0.3, 0.4) is 0 Å². The number of amides is 1. The van der Waals surface area contributed by atoms with E-state index in [-0.39, 0.29) is 11.7 Å². The largest absolute Gasteiger partial charge is 0.481 e. The average Bonchev–Trinajstić information content (AvgIpc) is 2.49. The van der Waals surface area contributed by atoms with Gasteiger partial charge in [-0.05, 0) is 58.7 Å². The van der Waals surface area contributed by atoms with Crippen LogP contribution in [0.15, 0.2) is 53.0 Å². The van der Waals surface area contributed by atoms with Gasteiger partial charge in [0, 0.05) is 4.47 Å². The summed E-state index contributed by atoms with van der Waals surface area (Å²) in [6.07, 6.45) is -0.129. The highest BCUT2D eigenvalue weighted by Gasteiger charge is 2.19. The van der Waals surface area contributed by atoms with Crippen LogP contribution in [0.25, 0.3) is 0 Å². The van der Waals surface area contributed by atoms with Gasteiger partial charge in [-0.15, -0.1) is 0 Å². The first-order valence-electron chi connectivity index (χ1n) is 6.57. The molecule has 1 N–H and O–H groups in total. The van der Waals surface area contributed by atoms with E-state index >= 15 is 0 Å². The van der Waals surface area contributed by atoms with E-state index < -0.39 is 6.10 Å². The summed E-state index contributed by atoms with van der Waals surface area (Å²) in [5, 5.41) is 2.81. The minimum absolute atomic E-state index is 0.242. The topological polar surface area (TPSA) is 38.3 Å². The van der Waals surface area contributed by atoms with Crippen molar-refractivity contribution < 1.29 is 13.9 Å². The minimum atomic E-state index is -0.637. The van der Waals surface area contributed by atoms with E-state index in [1.54, 1.807) is 6.07 Å². The first-order valence-corrected chi connectivity index (χ1v) is 7.37. The van der Waals surface area contributed by atoms with Crippen molar-refractivity contribution >= 4 is 27.5 Å². The zero-order valence-electron chi connectivity index (χ0n) is 11.5. The van der Waals surface area contributed by atoms with Gasteiger partial charge < -0.3 is 10.1 Å². The summed E-state index contributed by atoms with van der Waals surface area (Å²) < 4.78 is 19.3. The Morgan fingerprint density at radius 2 is 1.90 bits per heavy atom. The summed E-state index contributed by atoms with van der Waals surface area (Å²) >= 11 is 3.37. The van der Waals surface area contributed by atoms with E-state index in [0.717, 1.165) is 4.47 Å². The molecule has 0 aromatic heterocycles. The Bertz CT molecular complexity index is 616. The highest BCUT2D eigenvalue weighted by Crippen LogP contribution is 2.22. The van der Waals surface area contributed by atoms with E-state index in [1.165, 1.54) is 24.3 Å². The van der Waals surface area contributed by atoms with Crippen LogP contribution in [-0.4, -0.2) is 12.0 Å². The van der Waals surface area contributed by atoms with Crippen LogP contribution >= 0.6 is 15.9 Å². The van der Waals surface area contributed by atoms with Gasteiger partial charge in [0.25, 0.3) is 5.91 Å². The molecule has 0 heterocycles. The lowest BCUT2D eigenvalue weighted by Crippen LogP contribution is -2.32. The van der Waals surface area contributed by atoms with Crippen LogP contribution in [-0.2, 0) is 4.79 Å². The molecule has 0 radical (unpaired) electrons. The van der Waals surface area contributed by atoms with E-state index in [1.807, 2.05) is 25.1 Å². The Morgan fingerprint density at radius 3 is 2.52 bits per heavy atom. The Balaban J connectivity index is 2.05. The number of nitrogens with one attached hydrogen (secondary N) is 1. The molecule has 0 saturated carbocycles. The van der Waals surface area contributed by atoms with Gasteiger partial charge in [-0.3, -0.25) is 4.79 Å². The predicted molar refractivity (Wildman–Crippen MR) is 83.9 cm³/mol. The molecule has 2 rings (SSSR count). The van der Waals surface area contributed by atoms with Gasteiger partial charge >= 0.3 is 0 Å². The summed E-state index contributed by atoms with van der Waals surface area (Å²) in [6.45, 7) is 1.85. The molecule has 110 valence electrons. The molecule has 0 bridgehead atoms. The number of anilines is 1. The number of para-hydroxylation sites is 1. The Labute approximate surface area is 131 Å². The molecule has 3 nitrogen and oxygen atoms in total. The molecule has 0 aliphatic carbocycles. The highest BCUT2D eigenvalue weighted by molar-refractivity contribution is 9.10. The summed E-state index contributed by atoms with van der Waals surface area (Å²) in [7, 11) is 0. The van der Waals surface area contributed by atoms with E-state index in [4.69, 9.17) is 4.74 Å². The molecule has 0 fully saturated rings. The Morgan fingerprint density at radius 1 is 1.24 bits per heavy atom. The van der Waals surface area contributed by atoms with E-state index in [0.29, 0.717) is 17.9 Å². The standard InChI is InChI=1S/C16H15BrFNO2/c1-2-15(21-12-9-7-11(18)8-10-12)16(20)19-14-6-4-3-5-13(14)17/h3-10,15H,2H2,1H3,(H,19,20)/t15-/m0/s1. The van der Waals surface area contributed by atoms with Crippen molar-refractivity contribution in [2.24, 2.45) is 0 Å². The quantitative estimate of drug-likeness (QED) is 0.867. The number of rotatable bonds is 5. The second-order valence-corrected chi connectivity index (χ2v) is 5.29. The molecule has 1 amide bonds. The number of carbonyl (C=O) groups excluding carboxylic acids is 1. The van der Waals surface area contributed by atoms with Crippen LogP contribution in [0.5, 0.6) is 5.75 Å². The second kappa shape index (κ2) is 7.22. The first kappa shape index (κ1) is 15.5. The lowest BCUT2D eigenvalue weighted by atomic mass is 10.2. The summed E-state index contributed by atoms with van der Waals surface area (Å²) in [6, 6.07) is 13.0. The van der Waals surface area contributed by atoms with E-state index in [9.17, 15) is 9.18 Å². The van der Waals surface area contributed by atoms with Gasteiger partial charge in [-0.25, -0.2) is 4.39 Å². The van der Waals surface area contributed by atoms with Crippen molar-refractivity contribution in [1.82, 2.24) is 0 Å². The summed E-state index contributed by atoms with van der Waals surface area (Å²) in [5.74, 6) is -0.118. The third kappa shape index (κ3) is 4.29. The van der Waals surface area contributed by atoms with Gasteiger partial charge in [0.15, 0.2) is 6.10 Å². The third-order valence-corrected chi connectivity index (χ3v) is 3.58. The lowest BCUT2D eigenvalue weighted by molar-refractivity contribution is -0.122. The fraction of sp³-hybridized carbons (Fsp3) is 0.188. The molecule has 21 heavy (non-hydrogen) atoms.